The van der Waals surface area contributed by atoms with Crippen LogP contribution in [-0.4, -0.2) is 23.6 Å². The average Bonchev–Trinajstić information content (AvgIpc) is 3.01. The van der Waals surface area contributed by atoms with Crippen molar-refractivity contribution in [2.24, 2.45) is 0 Å². The number of imidazole rings is 1. The average molecular weight is 263 g/mol. The van der Waals surface area contributed by atoms with E-state index in [9.17, 15) is 8.78 Å². The molecule has 0 unspecified atom stereocenters. The van der Waals surface area contributed by atoms with E-state index < -0.39 is 11.6 Å². The second-order valence-electron chi connectivity index (χ2n) is 5.08. The Morgan fingerprint density at radius 1 is 1.37 bits per heavy atom. The lowest BCUT2D eigenvalue weighted by molar-refractivity contribution is 0.593. The van der Waals surface area contributed by atoms with Gasteiger partial charge in [-0.05, 0) is 38.1 Å². The zero-order valence-corrected chi connectivity index (χ0v) is 10.6. The number of nitrogens with one attached hydrogen (secondary N) is 2. The van der Waals surface area contributed by atoms with Crippen LogP contribution in [0.5, 0.6) is 0 Å². The second-order valence-corrected chi connectivity index (χ2v) is 5.08. The van der Waals surface area contributed by atoms with Gasteiger partial charge in [-0.15, -0.1) is 0 Å². The van der Waals surface area contributed by atoms with Crippen molar-refractivity contribution in [1.29, 1.82) is 0 Å². The van der Waals surface area contributed by atoms with Crippen molar-refractivity contribution in [2.45, 2.75) is 18.3 Å². The molecule has 1 aromatic carbocycles. The van der Waals surface area contributed by atoms with Crippen LogP contribution in [0.15, 0.2) is 24.4 Å². The van der Waals surface area contributed by atoms with Gasteiger partial charge in [0.25, 0.3) is 0 Å². The Hall–Kier alpha value is -1.75. The number of aromatic amines is 1. The standard InChI is InChI=1S/C14H15F2N3/c1-17-8-14(4-5-14)13-18-7-12(19-13)10-6-9(15)2-3-11(10)16/h2-3,6-7,17H,4-5,8H2,1H3,(H,18,19). The van der Waals surface area contributed by atoms with Crippen molar-refractivity contribution in [1.82, 2.24) is 15.3 Å². The summed E-state index contributed by atoms with van der Waals surface area (Å²) in [6, 6.07) is 3.43. The van der Waals surface area contributed by atoms with Gasteiger partial charge in [0.05, 0.1) is 11.9 Å². The highest BCUT2D eigenvalue weighted by Crippen LogP contribution is 2.46. The number of likely N-dealkylation sites (N-methyl/N-ethyl adjacent to an activating group) is 1. The summed E-state index contributed by atoms with van der Waals surface area (Å²) in [6.07, 6.45) is 3.70. The fraction of sp³-hybridized carbons (Fsp3) is 0.357. The van der Waals surface area contributed by atoms with E-state index in [0.717, 1.165) is 37.3 Å². The zero-order valence-electron chi connectivity index (χ0n) is 10.6. The third-order valence-electron chi connectivity index (χ3n) is 3.67. The topological polar surface area (TPSA) is 40.7 Å². The highest BCUT2D eigenvalue weighted by atomic mass is 19.1. The van der Waals surface area contributed by atoms with E-state index in [0.29, 0.717) is 5.69 Å². The summed E-state index contributed by atoms with van der Waals surface area (Å²) in [4.78, 5) is 7.46. The molecular weight excluding hydrogens is 248 g/mol. The highest BCUT2D eigenvalue weighted by molar-refractivity contribution is 5.59. The van der Waals surface area contributed by atoms with Crippen molar-refractivity contribution in [2.75, 3.05) is 13.6 Å². The predicted octanol–water partition coefficient (Wildman–Crippen LogP) is 2.61. The van der Waals surface area contributed by atoms with Crippen molar-refractivity contribution in [3.63, 3.8) is 0 Å². The molecule has 0 bridgehead atoms. The van der Waals surface area contributed by atoms with Gasteiger partial charge in [-0.25, -0.2) is 13.8 Å². The third kappa shape index (κ3) is 2.14. The molecular formula is C14H15F2N3. The van der Waals surface area contributed by atoms with Crippen LogP contribution in [0.4, 0.5) is 8.78 Å². The van der Waals surface area contributed by atoms with E-state index in [1.54, 1.807) is 6.20 Å². The van der Waals surface area contributed by atoms with Gasteiger partial charge in [-0.2, -0.15) is 0 Å². The normalized spacial score (nSPS) is 16.6. The molecule has 1 fully saturated rings. The van der Waals surface area contributed by atoms with Crippen LogP contribution in [-0.2, 0) is 5.41 Å². The minimum absolute atomic E-state index is 0.0385. The van der Waals surface area contributed by atoms with E-state index in [4.69, 9.17) is 0 Å². The van der Waals surface area contributed by atoms with Gasteiger partial charge in [-0.3, -0.25) is 0 Å². The summed E-state index contributed by atoms with van der Waals surface area (Å²) in [5, 5.41) is 3.14. The number of halogens is 2. The fourth-order valence-electron chi connectivity index (χ4n) is 2.42. The lowest BCUT2D eigenvalue weighted by atomic mass is 10.1. The molecule has 3 nitrogen and oxygen atoms in total. The number of hydrogen-bond acceptors (Lipinski definition) is 2. The number of aromatic nitrogens is 2. The Morgan fingerprint density at radius 3 is 2.84 bits per heavy atom. The first-order valence-corrected chi connectivity index (χ1v) is 6.30. The van der Waals surface area contributed by atoms with Crippen molar-refractivity contribution in [3.05, 3.63) is 41.9 Å². The highest BCUT2D eigenvalue weighted by Gasteiger charge is 2.46. The first-order valence-electron chi connectivity index (χ1n) is 6.30. The summed E-state index contributed by atoms with van der Waals surface area (Å²) < 4.78 is 26.9. The SMILES string of the molecule is CNCC1(c2ncc(-c3cc(F)ccc3F)[nH]2)CC1. The summed E-state index contributed by atoms with van der Waals surface area (Å²) in [7, 11) is 1.90. The van der Waals surface area contributed by atoms with Crippen LogP contribution in [0.2, 0.25) is 0 Å². The van der Waals surface area contributed by atoms with Crippen LogP contribution in [0.1, 0.15) is 18.7 Å². The van der Waals surface area contributed by atoms with Gasteiger partial charge >= 0.3 is 0 Å². The molecule has 1 heterocycles. The molecule has 5 heteroatoms. The van der Waals surface area contributed by atoms with Gasteiger partial charge in [0.1, 0.15) is 17.5 Å². The minimum atomic E-state index is -0.455. The molecule has 3 rings (SSSR count). The van der Waals surface area contributed by atoms with E-state index >= 15 is 0 Å². The van der Waals surface area contributed by atoms with Gasteiger partial charge in [-0.1, -0.05) is 0 Å². The first kappa shape index (κ1) is 12.3. The quantitative estimate of drug-likeness (QED) is 0.890. The first-order chi connectivity index (χ1) is 9.14. The molecule has 0 spiro atoms. The van der Waals surface area contributed by atoms with E-state index in [2.05, 4.69) is 15.3 Å². The number of benzene rings is 1. The summed E-state index contributed by atoms with van der Waals surface area (Å²) in [6.45, 7) is 0.839. The van der Waals surface area contributed by atoms with E-state index in [-0.39, 0.29) is 11.0 Å². The Labute approximate surface area is 110 Å². The molecule has 1 aliphatic carbocycles. The van der Waals surface area contributed by atoms with Crippen molar-refractivity contribution in [3.8, 4) is 11.3 Å². The van der Waals surface area contributed by atoms with Gasteiger partial charge < -0.3 is 10.3 Å². The number of hydrogen-bond donors (Lipinski definition) is 2. The van der Waals surface area contributed by atoms with Gasteiger partial charge in [0, 0.05) is 17.5 Å². The smallest absolute Gasteiger partial charge is 0.132 e. The maximum absolute atomic E-state index is 13.7. The Bertz CT molecular complexity index is 602. The molecule has 2 N–H and O–H groups in total. The molecule has 1 aliphatic rings. The third-order valence-corrected chi connectivity index (χ3v) is 3.67. The van der Waals surface area contributed by atoms with Gasteiger partial charge in [0.2, 0.25) is 0 Å². The molecule has 19 heavy (non-hydrogen) atoms. The minimum Gasteiger partial charge on any atom is -0.341 e. The largest absolute Gasteiger partial charge is 0.341 e. The second kappa shape index (κ2) is 4.42. The summed E-state index contributed by atoms with van der Waals surface area (Å²) in [5.41, 5.74) is 0.782. The molecule has 0 aliphatic heterocycles. The Kier molecular flexibility index (Phi) is 2.86. The molecule has 0 saturated heterocycles. The van der Waals surface area contributed by atoms with E-state index in [1.165, 1.54) is 6.07 Å². The Balaban J connectivity index is 1.95. The van der Waals surface area contributed by atoms with Crippen LogP contribution in [0, 0.1) is 11.6 Å². The number of nitrogens with zero attached hydrogens (tertiary/aromatic N) is 1. The zero-order chi connectivity index (χ0) is 13.5. The van der Waals surface area contributed by atoms with E-state index in [1.807, 2.05) is 7.05 Å². The predicted molar refractivity (Wildman–Crippen MR) is 68.8 cm³/mol. The van der Waals surface area contributed by atoms with Crippen LogP contribution in [0.3, 0.4) is 0 Å². The maximum atomic E-state index is 13.7. The lowest BCUT2D eigenvalue weighted by Crippen LogP contribution is -2.24. The number of H-pyrrole nitrogens is 1. The summed E-state index contributed by atoms with van der Waals surface area (Å²) in [5.74, 6) is -0.0560. The molecule has 0 atom stereocenters. The molecule has 0 amide bonds. The van der Waals surface area contributed by atoms with Crippen LogP contribution >= 0.6 is 0 Å². The molecule has 100 valence electrons. The van der Waals surface area contributed by atoms with Gasteiger partial charge in [0.15, 0.2) is 0 Å². The summed E-state index contributed by atoms with van der Waals surface area (Å²) >= 11 is 0. The Morgan fingerprint density at radius 2 is 2.16 bits per heavy atom. The molecule has 2 aromatic rings. The molecule has 0 radical (unpaired) electrons. The molecule has 1 aromatic heterocycles. The van der Waals surface area contributed by atoms with Crippen LogP contribution < -0.4 is 5.32 Å². The number of rotatable bonds is 4. The molecule has 1 saturated carbocycles. The van der Waals surface area contributed by atoms with Crippen molar-refractivity contribution < 1.29 is 8.78 Å². The fourth-order valence-corrected chi connectivity index (χ4v) is 2.42. The monoisotopic (exact) mass is 263 g/mol. The van der Waals surface area contributed by atoms with Crippen LogP contribution in [0.25, 0.3) is 11.3 Å². The van der Waals surface area contributed by atoms with Crippen molar-refractivity contribution >= 4 is 0 Å². The maximum Gasteiger partial charge on any atom is 0.132 e. The lowest BCUT2D eigenvalue weighted by Gasteiger charge is -2.10.